The van der Waals surface area contributed by atoms with Crippen LogP contribution >= 0.6 is 11.3 Å². The number of nitrogens with zero attached hydrogens (tertiary/aromatic N) is 1. The Morgan fingerprint density at radius 1 is 1.09 bits per heavy atom. The summed E-state index contributed by atoms with van der Waals surface area (Å²) in [5, 5.41) is 5.17. The number of benzene rings is 2. The third-order valence-electron chi connectivity index (χ3n) is 3.10. The molecule has 1 N–H and O–H groups in total. The summed E-state index contributed by atoms with van der Waals surface area (Å²) in [6.07, 6.45) is 0.312. The van der Waals surface area contributed by atoms with Gasteiger partial charge in [-0.3, -0.25) is 4.79 Å². The maximum Gasteiger partial charge on any atom is 0.230 e. The SMILES string of the molecule is O=C(Cc1ccccc1)Nc1nc(-c2ccc(F)cc2)cs1. The zero-order chi connectivity index (χ0) is 15.4. The summed E-state index contributed by atoms with van der Waals surface area (Å²) in [4.78, 5) is 16.3. The summed E-state index contributed by atoms with van der Waals surface area (Å²) in [7, 11) is 0. The molecule has 0 unspecified atom stereocenters. The van der Waals surface area contributed by atoms with Crippen LogP contribution in [0.25, 0.3) is 11.3 Å². The van der Waals surface area contributed by atoms with Crippen LogP contribution in [-0.2, 0) is 11.2 Å². The maximum atomic E-state index is 12.9. The fourth-order valence-electron chi connectivity index (χ4n) is 2.03. The normalized spacial score (nSPS) is 10.4. The Morgan fingerprint density at radius 2 is 1.82 bits per heavy atom. The first kappa shape index (κ1) is 14.4. The molecule has 0 atom stereocenters. The van der Waals surface area contributed by atoms with E-state index in [0.717, 1.165) is 16.8 Å². The highest BCUT2D eigenvalue weighted by Gasteiger charge is 2.08. The van der Waals surface area contributed by atoms with Crippen LogP contribution in [0, 0.1) is 5.82 Å². The molecule has 1 aromatic heterocycles. The lowest BCUT2D eigenvalue weighted by atomic mass is 10.1. The van der Waals surface area contributed by atoms with Crippen LogP contribution < -0.4 is 5.32 Å². The van der Waals surface area contributed by atoms with E-state index >= 15 is 0 Å². The zero-order valence-electron chi connectivity index (χ0n) is 11.6. The van der Waals surface area contributed by atoms with E-state index in [4.69, 9.17) is 0 Å². The molecular weight excluding hydrogens is 299 g/mol. The maximum absolute atomic E-state index is 12.9. The molecule has 3 aromatic rings. The highest BCUT2D eigenvalue weighted by atomic mass is 32.1. The number of hydrogen-bond donors (Lipinski definition) is 1. The minimum Gasteiger partial charge on any atom is -0.302 e. The van der Waals surface area contributed by atoms with Gasteiger partial charge in [0.1, 0.15) is 5.82 Å². The number of hydrogen-bond acceptors (Lipinski definition) is 3. The van der Waals surface area contributed by atoms with E-state index in [9.17, 15) is 9.18 Å². The van der Waals surface area contributed by atoms with E-state index < -0.39 is 0 Å². The second-order valence-corrected chi connectivity index (χ2v) is 5.61. The average molecular weight is 312 g/mol. The van der Waals surface area contributed by atoms with E-state index in [1.54, 1.807) is 12.1 Å². The molecule has 1 amide bonds. The fourth-order valence-corrected chi connectivity index (χ4v) is 2.76. The number of aromatic nitrogens is 1. The van der Waals surface area contributed by atoms with Crippen molar-refractivity contribution in [3.63, 3.8) is 0 Å². The number of anilines is 1. The molecule has 5 heteroatoms. The molecule has 1 heterocycles. The van der Waals surface area contributed by atoms with Gasteiger partial charge in [-0.05, 0) is 29.8 Å². The van der Waals surface area contributed by atoms with Crippen molar-refractivity contribution >= 4 is 22.4 Å². The van der Waals surface area contributed by atoms with Gasteiger partial charge in [-0.2, -0.15) is 0 Å². The smallest absolute Gasteiger partial charge is 0.230 e. The summed E-state index contributed by atoms with van der Waals surface area (Å²) >= 11 is 1.35. The minimum atomic E-state index is -0.282. The molecule has 0 spiro atoms. The molecule has 0 saturated heterocycles. The number of halogens is 1. The summed E-state index contributed by atoms with van der Waals surface area (Å²) < 4.78 is 12.9. The van der Waals surface area contributed by atoms with Gasteiger partial charge in [0.15, 0.2) is 5.13 Å². The minimum absolute atomic E-state index is 0.105. The van der Waals surface area contributed by atoms with Gasteiger partial charge in [-0.1, -0.05) is 30.3 Å². The molecule has 3 nitrogen and oxygen atoms in total. The average Bonchev–Trinajstić information content (AvgIpc) is 2.97. The largest absolute Gasteiger partial charge is 0.302 e. The van der Waals surface area contributed by atoms with Gasteiger partial charge in [0.2, 0.25) is 5.91 Å². The molecule has 0 aliphatic rings. The van der Waals surface area contributed by atoms with Crippen LogP contribution in [0.3, 0.4) is 0 Å². The predicted octanol–water partition coefficient (Wildman–Crippen LogP) is 4.13. The predicted molar refractivity (Wildman–Crippen MR) is 86.3 cm³/mol. The molecule has 0 aliphatic heterocycles. The summed E-state index contributed by atoms with van der Waals surface area (Å²) in [5.74, 6) is -0.387. The molecule has 0 radical (unpaired) electrons. The molecule has 3 rings (SSSR count). The third kappa shape index (κ3) is 3.56. The number of carbonyl (C=O) groups excluding carboxylic acids is 1. The standard InChI is InChI=1S/C17H13FN2OS/c18-14-8-6-13(7-9-14)15-11-22-17(19-15)20-16(21)10-12-4-2-1-3-5-12/h1-9,11H,10H2,(H,19,20,21). The van der Waals surface area contributed by atoms with Crippen LogP contribution in [0.5, 0.6) is 0 Å². The third-order valence-corrected chi connectivity index (χ3v) is 3.86. The number of nitrogens with one attached hydrogen (secondary N) is 1. The van der Waals surface area contributed by atoms with E-state index in [-0.39, 0.29) is 11.7 Å². The summed E-state index contributed by atoms with van der Waals surface area (Å²) in [6.45, 7) is 0. The Morgan fingerprint density at radius 3 is 2.55 bits per heavy atom. The van der Waals surface area contributed by atoms with Crippen LogP contribution in [-0.4, -0.2) is 10.9 Å². The Hall–Kier alpha value is -2.53. The Balaban J connectivity index is 1.66. The highest BCUT2D eigenvalue weighted by molar-refractivity contribution is 7.14. The first-order valence-electron chi connectivity index (χ1n) is 6.76. The lowest BCUT2D eigenvalue weighted by molar-refractivity contribution is -0.115. The van der Waals surface area contributed by atoms with E-state index in [2.05, 4.69) is 10.3 Å². The van der Waals surface area contributed by atoms with E-state index in [1.807, 2.05) is 35.7 Å². The lowest BCUT2D eigenvalue weighted by Gasteiger charge is -2.01. The van der Waals surface area contributed by atoms with Gasteiger partial charge >= 0.3 is 0 Å². The number of amides is 1. The quantitative estimate of drug-likeness (QED) is 0.787. The van der Waals surface area contributed by atoms with Crippen LogP contribution in [0.2, 0.25) is 0 Å². The van der Waals surface area contributed by atoms with Crippen molar-refractivity contribution in [3.05, 3.63) is 71.4 Å². The molecule has 0 saturated carbocycles. The Kier molecular flexibility index (Phi) is 4.25. The molecule has 0 aliphatic carbocycles. The summed E-state index contributed by atoms with van der Waals surface area (Å²) in [6, 6.07) is 15.6. The van der Waals surface area contributed by atoms with Crippen molar-refractivity contribution in [2.45, 2.75) is 6.42 Å². The van der Waals surface area contributed by atoms with Crippen molar-refractivity contribution in [3.8, 4) is 11.3 Å². The second kappa shape index (κ2) is 6.49. The van der Waals surface area contributed by atoms with Gasteiger partial charge in [-0.15, -0.1) is 11.3 Å². The van der Waals surface area contributed by atoms with Crippen molar-refractivity contribution in [1.29, 1.82) is 0 Å². The molecular formula is C17H13FN2OS. The lowest BCUT2D eigenvalue weighted by Crippen LogP contribution is -2.14. The van der Waals surface area contributed by atoms with Gasteiger partial charge in [0.05, 0.1) is 12.1 Å². The first-order chi connectivity index (χ1) is 10.7. The second-order valence-electron chi connectivity index (χ2n) is 4.76. The molecule has 110 valence electrons. The number of thiazole rings is 1. The van der Waals surface area contributed by atoms with E-state index in [0.29, 0.717) is 11.6 Å². The number of rotatable bonds is 4. The fraction of sp³-hybridized carbons (Fsp3) is 0.0588. The van der Waals surface area contributed by atoms with Crippen molar-refractivity contribution in [1.82, 2.24) is 4.98 Å². The molecule has 0 fully saturated rings. The van der Waals surface area contributed by atoms with Crippen LogP contribution in [0.15, 0.2) is 60.0 Å². The van der Waals surface area contributed by atoms with E-state index in [1.165, 1.54) is 23.5 Å². The molecule has 0 bridgehead atoms. The van der Waals surface area contributed by atoms with Crippen molar-refractivity contribution in [2.24, 2.45) is 0 Å². The number of carbonyl (C=O) groups is 1. The first-order valence-corrected chi connectivity index (χ1v) is 7.64. The van der Waals surface area contributed by atoms with Gasteiger partial charge in [0.25, 0.3) is 0 Å². The Labute approximate surface area is 131 Å². The Bertz CT molecular complexity index is 769. The molecule has 2 aromatic carbocycles. The van der Waals surface area contributed by atoms with Crippen molar-refractivity contribution < 1.29 is 9.18 Å². The van der Waals surface area contributed by atoms with Gasteiger partial charge in [0, 0.05) is 10.9 Å². The monoisotopic (exact) mass is 312 g/mol. The van der Waals surface area contributed by atoms with Crippen LogP contribution in [0.1, 0.15) is 5.56 Å². The van der Waals surface area contributed by atoms with Gasteiger partial charge in [-0.25, -0.2) is 9.37 Å². The van der Waals surface area contributed by atoms with Gasteiger partial charge < -0.3 is 5.32 Å². The molecule has 22 heavy (non-hydrogen) atoms. The van der Waals surface area contributed by atoms with Crippen LogP contribution in [0.4, 0.5) is 9.52 Å². The zero-order valence-corrected chi connectivity index (χ0v) is 12.4. The van der Waals surface area contributed by atoms with Crippen molar-refractivity contribution in [2.75, 3.05) is 5.32 Å². The highest BCUT2D eigenvalue weighted by Crippen LogP contribution is 2.25. The summed E-state index contributed by atoms with van der Waals surface area (Å²) in [5.41, 5.74) is 2.50. The topological polar surface area (TPSA) is 42.0 Å².